The number of fused-ring (bicyclic) bond motifs is 1. The largest absolute Gasteiger partial charge is 0.507 e. The topological polar surface area (TPSA) is 97.5 Å². The van der Waals surface area contributed by atoms with Gasteiger partial charge in [0.15, 0.2) is 5.78 Å². The zero-order chi connectivity index (χ0) is 14.2. The van der Waals surface area contributed by atoms with Crippen LogP contribution in [0.1, 0.15) is 23.7 Å². The maximum absolute atomic E-state index is 11.8. The highest BCUT2D eigenvalue weighted by atomic mass is 32.2. The van der Waals surface area contributed by atoms with Crippen LogP contribution in [0.3, 0.4) is 0 Å². The van der Waals surface area contributed by atoms with E-state index in [1.165, 1.54) is 6.07 Å². The number of Topliss-reactive ketones (excluding diaryl/α,β-unsaturated/α-hetero) is 1. The minimum Gasteiger partial charge on any atom is -0.507 e. The SMILES string of the molecule is CCC(=O)c1cc(S(N)(=O)=O)c2ccccc2c1O. The molecule has 3 N–H and O–H groups in total. The van der Waals surface area contributed by atoms with Crippen LogP contribution in [0.4, 0.5) is 0 Å². The molecule has 0 amide bonds. The summed E-state index contributed by atoms with van der Waals surface area (Å²) in [4.78, 5) is 11.6. The maximum Gasteiger partial charge on any atom is 0.238 e. The first-order chi connectivity index (χ1) is 8.86. The molecule has 0 aliphatic rings. The van der Waals surface area contributed by atoms with E-state index in [0.29, 0.717) is 10.8 Å². The second kappa shape index (κ2) is 4.64. The molecular formula is C13H13NO4S. The number of rotatable bonds is 3. The fourth-order valence-corrected chi connectivity index (χ4v) is 2.73. The van der Waals surface area contributed by atoms with Crippen LogP contribution < -0.4 is 5.14 Å². The van der Waals surface area contributed by atoms with Crippen molar-refractivity contribution in [1.29, 1.82) is 0 Å². The van der Waals surface area contributed by atoms with E-state index in [4.69, 9.17) is 5.14 Å². The molecule has 2 aromatic carbocycles. The van der Waals surface area contributed by atoms with Crippen molar-refractivity contribution in [3.8, 4) is 5.75 Å². The first-order valence-electron chi connectivity index (χ1n) is 5.67. The van der Waals surface area contributed by atoms with Crippen LogP contribution in [-0.2, 0) is 10.0 Å². The van der Waals surface area contributed by atoms with E-state index < -0.39 is 10.0 Å². The van der Waals surface area contributed by atoms with Gasteiger partial charge in [-0.3, -0.25) is 4.79 Å². The van der Waals surface area contributed by atoms with E-state index in [9.17, 15) is 18.3 Å². The minimum absolute atomic E-state index is 0.0229. The van der Waals surface area contributed by atoms with Crippen molar-refractivity contribution in [2.75, 3.05) is 0 Å². The van der Waals surface area contributed by atoms with Gasteiger partial charge in [-0.1, -0.05) is 31.2 Å². The number of sulfonamides is 1. The smallest absolute Gasteiger partial charge is 0.238 e. The Morgan fingerprint density at radius 3 is 2.37 bits per heavy atom. The van der Waals surface area contributed by atoms with Gasteiger partial charge >= 0.3 is 0 Å². The first kappa shape index (κ1) is 13.5. The zero-order valence-corrected chi connectivity index (χ0v) is 11.1. The highest BCUT2D eigenvalue weighted by Crippen LogP contribution is 2.34. The van der Waals surface area contributed by atoms with Gasteiger partial charge in [0, 0.05) is 17.2 Å². The van der Waals surface area contributed by atoms with E-state index >= 15 is 0 Å². The van der Waals surface area contributed by atoms with Crippen molar-refractivity contribution in [3.05, 3.63) is 35.9 Å². The Labute approximate surface area is 110 Å². The van der Waals surface area contributed by atoms with Crippen molar-refractivity contribution in [1.82, 2.24) is 0 Å². The molecule has 2 aromatic rings. The molecule has 0 atom stereocenters. The molecule has 0 fully saturated rings. The number of hydrogen-bond donors (Lipinski definition) is 2. The van der Waals surface area contributed by atoms with Crippen molar-refractivity contribution in [3.63, 3.8) is 0 Å². The monoisotopic (exact) mass is 279 g/mol. The van der Waals surface area contributed by atoms with Gasteiger partial charge in [-0.2, -0.15) is 0 Å². The standard InChI is InChI=1S/C13H13NO4S/c1-2-11(15)10-7-12(19(14,17)18)8-5-3-4-6-9(8)13(10)16/h3-7,16H,2H2,1H3,(H2,14,17,18). The maximum atomic E-state index is 11.8. The molecule has 100 valence electrons. The number of hydrogen-bond acceptors (Lipinski definition) is 4. The molecule has 0 radical (unpaired) electrons. The Hall–Kier alpha value is -1.92. The summed E-state index contributed by atoms with van der Waals surface area (Å²) in [5.74, 6) is -0.553. The van der Waals surface area contributed by atoms with Crippen LogP contribution in [0.15, 0.2) is 35.2 Å². The Bertz CT molecular complexity index is 766. The van der Waals surface area contributed by atoms with Crippen LogP contribution in [-0.4, -0.2) is 19.3 Å². The molecule has 0 bridgehead atoms. The molecule has 19 heavy (non-hydrogen) atoms. The van der Waals surface area contributed by atoms with Crippen molar-refractivity contribution >= 4 is 26.6 Å². The molecule has 0 aliphatic heterocycles. The predicted octanol–water partition coefficient (Wildman–Crippen LogP) is 1.79. The summed E-state index contributed by atoms with van der Waals surface area (Å²) in [6.07, 6.45) is 0.163. The number of aromatic hydroxyl groups is 1. The van der Waals surface area contributed by atoms with E-state index in [1.807, 2.05) is 0 Å². The van der Waals surface area contributed by atoms with E-state index in [2.05, 4.69) is 0 Å². The summed E-state index contributed by atoms with van der Waals surface area (Å²) in [6, 6.07) is 7.51. The van der Waals surface area contributed by atoms with Crippen LogP contribution >= 0.6 is 0 Å². The molecule has 0 aliphatic carbocycles. The van der Waals surface area contributed by atoms with Gasteiger partial charge in [-0.15, -0.1) is 0 Å². The molecule has 6 heteroatoms. The third-order valence-electron chi connectivity index (χ3n) is 2.91. The van der Waals surface area contributed by atoms with Gasteiger partial charge in [-0.25, -0.2) is 13.6 Å². The van der Waals surface area contributed by atoms with Crippen molar-refractivity contribution in [2.24, 2.45) is 5.14 Å². The fourth-order valence-electron chi connectivity index (χ4n) is 1.97. The number of nitrogens with two attached hydrogens (primary N) is 1. The Kier molecular flexibility index (Phi) is 3.30. The van der Waals surface area contributed by atoms with Crippen LogP contribution in [0.2, 0.25) is 0 Å². The average Bonchev–Trinajstić information content (AvgIpc) is 2.37. The number of carbonyl (C=O) groups is 1. The average molecular weight is 279 g/mol. The van der Waals surface area contributed by atoms with E-state index in [0.717, 1.165) is 6.07 Å². The van der Waals surface area contributed by atoms with Crippen LogP contribution in [0.25, 0.3) is 10.8 Å². The second-order valence-electron chi connectivity index (χ2n) is 4.14. The van der Waals surface area contributed by atoms with Crippen molar-refractivity contribution in [2.45, 2.75) is 18.2 Å². The van der Waals surface area contributed by atoms with Crippen LogP contribution in [0.5, 0.6) is 5.75 Å². The minimum atomic E-state index is -3.97. The molecule has 0 aromatic heterocycles. The van der Waals surface area contributed by atoms with Crippen molar-refractivity contribution < 1.29 is 18.3 Å². The highest BCUT2D eigenvalue weighted by molar-refractivity contribution is 7.89. The first-order valence-corrected chi connectivity index (χ1v) is 7.21. The molecule has 0 spiro atoms. The quantitative estimate of drug-likeness (QED) is 0.837. The van der Waals surface area contributed by atoms with Gasteiger partial charge < -0.3 is 5.11 Å². The fraction of sp³-hybridized carbons (Fsp3) is 0.154. The summed E-state index contributed by atoms with van der Waals surface area (Å²) in [5.41, 5.74) is -0.0229. The Morgan fingerprint density at radius 1 is 1.26 bits per heavy atom. The number of primary sulfonamides is 1. The highest BCUT2D eigenvalue weighted by Gasteiger charge is 2.20. The summed E-state index contributed by atoms with van der Waals surface area (Å²) >= 11 is 0. The lowest BCUT2D eigenvalue weighted by Gasteiger charge is -2.10. The Balaban J connectivity index is 2.96. The van der Waals surface area contributed by atoms with Gasteiger partial charge in [0.25, 0.3) is 0 Å². The van der Waals surface area contributed by atoms with Gasteiger partial charge in [-0.05, 0) is 6.07 Å². The third-order valence-corrected chi connectivity index (χ3v) is 3.86. The molecule has 5 nitrogen and oxygen atoms in total. The third kappa shape index (κ3) is 2.32. The number of phenolic OH excluding ortho intramolecular Hbond substituents is 1. The lowest BCUT2D eigenvalue weighted by molar-refractivity contribution is 0.0985. The molecule has 2 rings (SSSR count). The normalized spacial score (nSPS) is 11.7. The van der Waals surface area contributed by atoms with E-state index in [-0.39, 0.29) is 28.4 Å². The molecule has 0 saturated carbocycles. The predicted molar refractivity (Wildman–Crippen MR) is 71.6 cm³/mol. The van der Waals surface area contributed by atoms with E-state index in [1.54, 1.807) is 25.1 Å². The van der Waals surface area contributed by atoms with Crippen LogP contribution in [0, 0.1) is 0 Å². The molecule has 0 saturated heterocycles. The summed E-state index contributed by atoms with van der Waals surface area (Å²) in [6.45, 7) is 1.63. The van der Waals surface area contributed by atoms with Gasteiger partial charge in [0.05, 0.1) is 10.5 Å². The lowest BCUT2D eigenvalue weighted by atomic mass is 10.0. The summed E-state index contributed by atoms with van der Waals surface area (Å²) in [7, 11) is -3.97. The molecular weight excluding hydrogens is 266 g/mol. The Morgan fingerprint density at radius 2 is 1.84 bits per heavy atom. The summed E-state index contributed by atoms with van der Waals surface area (Å²) < 4.78 is 23.2. The number of benzene rings is 2. The molecule has 0 heterocycles. The van der Waals surface area contributed by atoms with Gasteiger partial charge in [0.1, 0.15) is 5.75 Å². The lowest BCUT2D eigenvalue weighted by Crippen LogP contribution is -2.14. The number of phenols is 1. The number of carbonyl (C=O) groups excluding carboxylic acids is 1. The zero-order valence-electron chi connectivity index (χ0n) is 10.3. The second-order valence-corrected chi connectivity index (χ2v) is 5.67. The summed E-state index contributed by atoms with van der Waals surface area (Å²) in [5, 5.41) is 15.8. The molecule has 0 unspecified atom stereocenters. The van der Waals surface area contributed by atoms with Gasteiger partial charge in [0.2, 0.25) is 10.0 Å². The number of ketones is 1.